The maximum absolute atomic E-state index is 2.77. The number of hydrogen-bond donors (Lipinski definition) is 0. The van der Waals surface area contributed by atoms with Crippen LogP contribution in [0.4, 0.5) is 0 Å². The Labute approximate surface area is 85.5 Å². The first-order chi connectivity index (χ1) is 5.99. The summed E-state index contributed by atoms with van der Waals surface area (Å²) in [5.41, 5.74) is 0. The van der Waals surface area contributed by atoms with E-state index in [1.165, 1.54) is 23.5 Å². The molecule has 0 spiro atoms. The lowest BCUT2D eigenvalue weighted by atomic mass is 10.1. The molecule has 0 N–H and O–H groups in total. The first kappa shape index (κ1) is 11.2. The second-order valence-electron chi connectivity index (χ2n) is 5.07. The fourth-order valence-electron chi connectivity index (χ4n) is 2.25. The number of hydrogen-bond acceptors (Lipinski definition) is 1. The maximum Gasteiger partial charge on any atom is 0.338 e. The van der Waals surface area contributed by atoms with E-state index in [4.69, 9.17) is 0 Å². The lowest BCUT2D eigenvalue weighted by molar-refractivity contribution is -0.798. The number of unbranched alkanes of at least 4 members (excludes halogenated alkanes) is 1. The van der Waals surface area contributed by atoms with Crippen molar-refractivity contribution in [2.75, 3.05) is 20.6 Å². The number of quaternary nitrogens is 1. The molecule has 1 aliphatic heterocycles. The molecule has 1 fully saturated rings. The molecule has 0 amide bonds. The lowest BCUT2D eigenvalue weighted by Gasteiger charge is -2.30. The Kier molecular flexibility index (Phi) is 3.55. The summed E-state index contributed by atoms with van der Waals surface area (Å²) in [5.74, 6) is 0. The highest BCUT2D eigenvalue weighted by molar-refractivity contribution is 6.23. The van der Waals surface area contributed by atoms with Gasteiger partial charge in [-0.2, -0.15) is 0 Å². The second-order valence-corrected chi connectivity index (χ2v) is 7.79. The third kappa shape index (κ3) is 2.33. The van der Waals surface area contributed by atoms with Gasteiger partial charge in [-0.3, -0.25) is 4.57 Å². The van der Waals surface area contributed by atoms with Crippen molar-refractivity contribution in [3.05, 3.63) is 0 Å². The summed E-state index contributed by atoms with van der Waals surface area (Å²) < 4.78 is 4.07. The molecule has 0 aliphatic carbocycles. The Morgan fingerprint density at radius 3 is 2.31 bits per heavy atom. The van der Waals surface area contributed by atoms with Gasteiger partial charge in [-0.25, -0.2) is 0 Å². The topological polar surface area (TPSA) is 3.24 Å². The molecule has 2 nitrogen and oxygen atoms in total. The molecule has 0 aromatic heterocycles. The molecule has 78 valence electrons. The van der Waals surface area contributed by atoms with Gasteiger partial charge in [-0.05, 0) is 26.8 Å². The molecule has 1 heterocycles. The highest BCUT2D eigenvalue weighted by Gasteiger charge is 2.42. The molecule has 2 unspecified atom stereocenters. The zero-order valence-electron chi connectivity index (χ0n) is 9.88. The smallest absolute Gasteiger partial charge is 0.338 e. The Hall–Kier alpha value is 0.137. The summed E-state index contributed by atoms with van der Waals surface area (Å²) in [5, 5.41) is 0. The van der Waals surface area contributed by atoms with Gasteiger partial charge >= 0.3 is 9.84 Å². The van der Waals surface area contributed by atoms with E-state index in [-0.39, 0.29) is 9.84 Å². The number of rotatable bonds is 3. The minimum atomic E-state index is -0.0593. The second kappa shape index (κ2) is 4.11. The third-order valence-electron chi connectivity index (χ3n) is 3.72. The Morgan fingerprint density at radius 1 is 1.31 bits per heavy atom. The van der Waals surface area contributed by atoms with Gasteiger partial charge in [0.15, 0.2) is 0 Å². The molecule has 1 aliphatic rings. The van der Waals surface area contributed by atoms with Crippen molar-refractivity contribution >= 4 is 9.84 Å². The largest absolute Gasteiger partial charge is 0.377 e. The first-order valence-corrected chi connectivity index (χ1v) is 6.82. The molecular formula is C10H25N2Si+. The third-order valence-corrected chi connectivity index (χ3v) is 6.28. The number of nitrogens with zero attached hydrogens (tertiary/aromatic N) is 2. The highest BCUT2D eigenvalue weighted by Crippen LogP contribution is 2.22. The van der Waals surface area contributed by atoms with Crippen LogP contribution in [0.5, 0.6) is 0 Å². The fourth-order valence-corrected chi connectivity index (χ4v) is 4.68. The van der Waals surface area contributed by atoms with Crippen molar-refractivity contribution < 1.29 is 4.15 Å². The normalized spacial score (nSPS) is 35.8. The van der Waals surface area contributed by atoms with Crippen molar-refractivity contribution in [2.24, 2.45) is 0 Å². The van der Waals surface area contributed by atoms with Crippen LogP contribution in [0.1, 0.15) is 33.6 Å². The van der Waals surface area contributed by atoms with Crippen LogP contribution in [-0.4, -0.2) is 51.3 Å². The minimum Gasteiger partial charge on any atom is -0.377 e. The SMILES string of the molecule is CCCCN1[SiH2][N+](C)(C)C(C)C1C. The quantitative estimate of drug-likeness (QED) is 0.615. The number of likely N-dealkylation sites (N-methyl/N-ethyl adjacent to an activating group) is 1. The van der Waals surface area contributed by atoms with Crippen molar-refractivity contribution in [3.8, 4) is 0 Å². The van der Waals surface area contributed by atoms with Crippen molar-refractivity contribution in [1.82, 2.24) is 4.57 Å². The van der Waals surface area contributed by atoms with Crippen molar-refractivity contribution in [2.45, 2.75) is 45.7 Å². The van der Waals surface area contributed by atoms with E-state index >= 15 is 0 Å². The van der Waals surface area contributed by atoms with Crippen LogP contribution >= 0.6 is 0 Å². The molecule has 0 radical (unpaired) electrons. The van der Waals surface area contributed by atoms with E-state index in [2.05, 4.69) is 39.4 Å². The van der Waals surface area contributed by atoms with Crippen molar-refractivity contribution in [1.29, 1.82) is 0 Å². The maximum atomic E-state index is 2.77. The predicted octanol–water partition coefficient (Wildman–Crippen LogP) is 0.954. The minimum absolute atomic E-state index is 0.0593. The Bertz CT molecular complexity index is 170. The van der Waals surface area contributed by atoms with E-state index in [1.807, 2.05) is 0 Å². The van der Waals surface area contributed by atoms with Gasteiger partial charge in [0.05, 0.1) is 26.2 Å². The lowest BCUT2D eigenvalue weighted by Crippen LogP contribution is -2.46. The summed E-state index contributed by atoms with van der Waals surface area (Å²) in [6, 6.07) is 1.65. The standard InChI is InChI=1S/C10H25N2Si/c1-6-7-8-11-9(2)10(3)12(4,5)13-11/h9-10H,6-8,13H2,1-5H3/q+1. The van der Waals surface area contributed by atoms with Gasteiger partial charge in [0.1, 0.15) is 0 Å². The molecule has 1 rings (SSSR count). The summed E-state index contributed by atoms with van der Waals surface area (Å²) in [6.07, 6.45) is 2.71. The zero-order chi connectivity index (χ0) is 10.1. The summed E-state index contributed by atoms with van der Waals surface area (Å²) >= 11 is 0. The van der Waals surface area contributed by atoms with E-state index in [9.17, 15) is 0 Å². The van der Waals surface area contributed by atoms with Crippen LogP contribution in [0.25, 0.3) is 0 Å². The highest BCUT2D eigenvalue weighted by atomic mass is 28.2. The zero-order valence-corrected chi connectivity index (χ0v) is 11.3. The molecule has 0 aromatic rings. The molecule has 0 bridgehead atoms. The summed E-state index contributed by atoms with van der Waals surface area (Å²) in [4.78, 5) is 0. The summed E-state index contributed by atoms with van der Waals surface area (Å²) in [7, 11) is 4.74. The van der Waals surface area contributed by atoms with Gasteiger partial charge < -0.3 is 4.15 Å². The van der Waals surface area contributed by atoms with Gasteiger partial charge in [0.2, 0.25) is 0 Å². The molecule has 3 heteroatoms. The van der Waals surface area contributed by atoms with Gasteiger partial charge in [0.25, 0.3) is 0 Å². The molecule has 0 aromatic carbocycles. The molecule has 0 saturated carbocycles. The average molecular weight is 201 g/mol. The van der Waals surface area contributed by atoms with Crippen LogP contribution < -0.4 is 0 Å². The van der Waals surface area contributed by atoms with E-state index in [0.29, 0.717) is 0 Å². The van der Waals surface area contributed by atoms with Crippen LogP contribution in [0.3, 0.4) is 0 Å². The summed E-state index contributed by atoms with van der Waals surface area (Å²) in [6.45, 7) is 8.44. The van der Waals surface area contributed by atoms with Crippen molar-refractivity contribution in [3.63, 3.8) is 0 Å². The molecule has 2 atom stereocenters. The van der Waals surface area contributed by atoms with Gasteiger partial charge in [-0.15, -0.1) is 0 Å². The average Bonchev–Trinajstić information content (AvgIpc) is 2.26. The first-order valence-electron chi connectivity index (χ1n) is 5.55. The monoisotopic (exact) mass is 201 g/mol. The Balaban J connectivity index is 2.51. The van der Waals surface area contributed by atoms with Gasteiger partial charge in [-0.1, -0.05) is 13.3 Å². The van der Waals surface area contributed by atoms with Crippen LogP contribution in [0.2, 0.25) is 0 Å². The van der Waals surface area contributed by atoms with E-state index in [0.717, 1.165) is 12.1 Å². The molecular weight excluding hydrogens is 176 g/mol. The Morgan fingerprint density at radius 2 is 1.92 bits per heavy atom. The van der Waals surface area contributed by atoms with Crippen LogP contribution in [0, 0.1) is 0 Å². The van der Waals surface area contributed by atoms with E-state index in [1.54, 1.807) is 0 Å². The van der Waals surface area contributed by atoms with Gasteiger partial charge in [0, 0.05) is 0 Å². The van der Waals surface area contributed by atoms with Crippen LogP contribution in [-0.2, 0) is 0 Å². The predicted molar refractivity (Wildman–Crippen MR) is 61.2 cm³/mol. The molecule has 1 saturated heterocycles. The fraction of sp³-hybridized carbons (Fsp3) is 1.00. The molecule has 13 heavy (non-hydrogen) atoms. The van der Waals surface area contributed by atoms with Crippen LogP contribution in [0.15, 0.2) is 0 Å². The van der Waals surface area contributed by atoms with E-state index < -0.39 is 0 Å².